The third-order valence-electron chi connectivity index (χ3n) is 2.96. The van der Waals surface area contributed by atoms with Crippen LogP contribution in [0.1, 0.15) is 46.5 Å². The Morgan fingerprint density at radius 1 is 1.33 bits per heavy atom. The summed E-state index contributed by atoms with van der Waals surface area (Å²) in [6.07, 6.45) is 4.60. The molecule has 1 amide bonds. The largest absolute Gasteiger partial charge is 0.338 e. The molecule has 0 N–H and O–H groups in total. The summed E-state index contributed by atoms with van der Waals surface area (Å²) in [5.41, 5.74) is -0.283. The Labute approximate surface area is 98.0 Å². The predicted octanol–water partition coefficient (Wildman–Crippen LogP) is 3.04. The van der Waals surface area contributed by atoms with Crippen molar-refractivity contribution in [3.05, 3.63) is 0 Å². The lowest BCUT2D eigenvalue weighted by atomic mass is 9.94. The van der Waals surface area contributed by atoms with E-state index >= 15 is 0 Å². The Morgan fingerprint density at radius 3 is 2.53 bits per heavy atom. The van der Waals surface area contributed by atoms with Gasteiger partial charge in [-0.25, -0.2) is 0 Å². The molecule has 1 atom stereocenters. The normalized spacial score (nSPS) is 23.7. The molecule has 1 aliphatic rings. The van der Waals surface area contributed by atoms with Crippen molar-refractivity contribution in [2.75, 3.05) is 12.4 Å². The van der Waals surface area contributed by atoms with E-state index in [-0.39, 0.29) is 17.4 Å². The Morgan fingerprint density at radius 2 is 2.00 bits per heavy atom. The lowest BCUT2D eigenvalue weighted by molar-refractivity contribution is -0.141. The van der Waals surface area contributed by atoms with Crippen molar-refractivity contribution in [2.24, 2.45) is 5.41 Å². The van der Waals surface area contributed by atoms with Gasteiger partial charge in [0.05, 0.1) is 0 Å². The minimum atomic E-state index is -0.283. The Hall–Kier alpha value is -0.240. The van der Waals surface area contributed by atoms with Crippen LogP contribution < -0.4 is 0 Å². The van der Waals surface area contributed by atoms with Crippen molar-refractivity contribution in [3.63, 3.8) is 0 Å². The van der Waals surface area contributed by atoms with Gasteiger partial charge in [0, 0.05) is 23.9 Å². The molecule has 15 heavy (non-hydrogen) atoms. The zero-order valence-corrected chi connectivity index (χ0v) is 10.8. The zero-order chi connectivity index (χ0) is 11.5. The van der Waals surface area contributed by atoms with E-state index in [9.17, 15) is 4.79 Å². The number of halogens is 1. The van der Waals surface area contributed by atoms with Crippen LogP contribution in [0.15, 0.2) is 0 Å². The van der Waals surface area contributed by atoms with E-state index < -0.39 is 0 Å². The first-order valence-corrected chi connectivity index (χ1v) is 6.37. The molecule has 0 radical (unpaired) electrons. The van der Waals surface area contributed by atoms with E-state index in [0.29, 0.717) is 5.88 Å². The zero-order valence-electron chi connectivity index (χ0n) is 10.1. The maximum atomic E-state index is 12.2. The molecule has 0 aromatic carbocycles. The Balaban J connectivity index is 2.74. The molecule has 1 unspecified atom stereocenters. The molecule has 1 aliphatic heterocycles. The van der Waals surface area contributed by atoms with Crippen LogP contribution >= 0.6 is 11.6 Å². The lowest BCUT2D eigenvalue weighted by Gasteiger charge is -2.34. The Kier molecular flexibility index (Phi) is 4.45. The number of rotatable bonds is 1. The fourth-order valence-electron chi connectivity index (χ4n) is 2.04. The maximum Gasteiger partial charge on any atom is 0.228 e. The summed E-state index contributed by atoms with van der Waals surface area (Å²) in [6.45, 7) is 6.82. The van der Waals surface area contributed by atoms with Crippen LogP contribution in [-0.4, -0.2) is 29.3 Å². The van der Waals surface area contributed by atoms with Gasteiger partial charge in [0.1, 0.15) is 0 Å². The number of alkyl halides is 1. The number of nitrogens with zero attached hydrogens (tertiary/aromatic N) is 1. The highest BCUT2D eigenvalue weighted by Crippen LogP contribution is 2.24. The van der Waals surface area contributed by atoms with Crippen molar-refractivity contribution in [1.29, 1.82) is 0 Å². The molecule has 0 saturated carbocycles. The van der Waals surface area contributed by atoms with Gasteiger partial charge in [0.25, 0.3) is 0 Å². The maximum absolute atomic E-state index is 12.2. The van der Waals surface area contributed by atoms with Crippen LogP contribution in [0.2, 0.25) is 0 Å². The molecule has 2 nitrogen and oxygen atoms in total. The molecule has 3 heteroatoms. The van der Waals surface area contributed by atoms with Crippen LogP contribution in [-0.2, 0) is 4.79 Å². The first-order chi connectivity index (χ1) is 6.96. The van der Waals surface area contributed by atoms with Crippen molar-refractivity contribution in [3.8, 4) is 0 Å². The molecule has 0 aromatic rings. The molecule has 0 aliphatic carbocycles. The van der Waals surface area contributed by atoms with Crippen LogP contribution in [0.25, 0.3) is 0 Å². The van der Waals surface area contributed by atoms with Crippen molar-refractivity contribution in [2.45, 2.75) is 52.5 Å². The summed E-state index contributed by atoms with van der Waals surface area (Å²) in [6, 6.07) is 0.251. The molecule has 1 heterocycles. The van der Waals surface area contributed by atoms with Gasteiger partial charge in [-0.05, 0) is 12.8 Å². The fraction of sp³-hybridized carbons (Fsp3) is 0.917. The van der Waals surface area contributed by atoms with Gasteiger partial charge in [-0.1, -0.05) is 33.6 Å². The molecule has 0 aromatic heterocycles. The summed E-state index contributed by atoms with van der Waals surface area (Å²) in [5.74, 6) is 0.817. The van der Waals surface area contributed by atoms with Crippen molar-refractivity contribution in [1.82, 2.24) is 4.90 Å². The highest BCUT2D eigenvalue weighted by molar-refractivity contribution is 6.18. The summed E-state index contributed by atoms with van der Waals surface area (Å²) < 4.78 is 0. The van der Waals surface area contributed by atoms with E-state index in [1.54, 1.807) is 0 Å². The number of likely N-dealkylation sites (tertiary alicyclic amines) is 1. The van der Waals surface area contributed by atoms with E-state index in [0.717, 1.165) is 19.4 Å². The molecule has 1 fully saturated rings. The van der Waals surface area contributed by atoms with E-state index in [1.165, 1.54) is 12.8 Å². The number of hydrogen-bond acceptors (Lipinski definition) is 1. The molecular weight excluding hydrogens is 210 g/mol. The number of carbonyl (C=O) groups is 1. The number of amides is 1. The quantitative estimate of drug-likeness (QED) is 0.636. The van der Waals surface area contributed by atoms with Crippen LogP contribution in [0, 0.1) is 5.41 Å². The molecule has 1 rings (SSSR count). The monoisotopic (exact) mass is 231 g/mol. The van der Waals surface area contributed by atoms with E-state index in [2.05, 4.69) is 0 Å². The van der Waals surface area contributed by atoms with E-state index in [4.69, 9.17) is 11.6 Å². The van der Waals surface area contributed by atoms with Gasteiger partial charge >= 0.3 is 0 Å². The first kappa shape index (κ1) is 12.8. The van der Waals surface area contributed by atoms with Gasteiger partial charge in [0.2, 0.25) is 5.91 Å². The summed E-state index contributed by atoms with van der Waals surface area (Å²) in [5, 5.41) is 0. The molecule has 0 spiro atoms. The SMILES string of the molecule is CC(C)(C)C(=O)N1CCCCCC1CCl. The fourth-order valence-corrected chi connectivity index (χ4v) is 2.36. The minimum absolute atomic E-state index is 0.245. The predicted molar refractivity (Wildman–Crippen MR) is 64.1 cm³/mol. The third kappa shape index (κ3) is 3.37. The molecular formula is C12H22ClNO. The number of hydrogen-bond donors (Lipinski definition) is 0. The van der Waals surface area contributed by atoms with Gasteiger partial charge in [-0.2, -0.15) is 0 Å². The van der Waals surface area contributed by atoms with Gasteiger partial charge in [0.15, 0.2) is 0 Å². The van der Waals surface area contributed by atoms with Crippen LogP contribution in [0.3, 0.4) is 0 Å². The average Bonchev–Trinajstić information content (AvgIpc) is 2.39. The third-order valence-corrected chi connectivity index (χ3v) is 3.31. The average molecular weight is 232 g/mol. The standard InChI is InChI=1S/C12H22ClNO/c1-12(2,3)11(15)14-8-6-4-5-7-10(14)9-13/h10H,4-9H2,1-3H3. The second-order valence-corrected chi connectivity index (χ2v) is 5.71. The Bertz CT molecular complexity index is 222. The van der Waals surface area contributed by atoms with E-state index in [1.807, 2.05) is 25.7 Å². The molecule has 88 valence electrons. The second-order valence-electron chi connectivity index (χ2n) is 5.41. The van der Waals surface area contributed by atoms with Crippen LogP contribution in [0.4, 0.5) is 0 Å². The highest BCUT2D eigenvalue weighted by Gasteiger charge is 2.32. The lowest BCUT2D eigenvalue weighted by Crippen LogP contribution is -2.46. The summed E-state index contributed by atoms with van der Waals surface area (Å²) in [4.78, 5) is 14.2. The second kappa shape index (κ2) is 5.20. The first-order valence-electron chi connectivity index (χ1n) is 5.84. The molecule has 0 bridgehead atoms. The van der Waals surface area contributed by atoms with Gasteiger partial charge in [-0.15, -0.1) is 11.6 Å². The molecule has 1 saturated heterocycles. The summed E-state index contributed by atoms with van der Waals surface area (Å²) in [7, 11) is 0. The number of carbonyl (C=O) groups excluding carboxylic acids is 1. The van der Waals surface area contributed by atoms with Crippen molar-refractivity contribution >= 4 is 17.5 Å². The van der Waals surface area contributed by atoms with Crippen LogP contribution in [0.5, 0.6) is 0 Å². The van der Waals surface area contributed by atoms with Gasteiger partial charge < -0.3 is 4.90 Å². The minimum Gasteiger partial charge on any atom is -0.338 e. The highest BCUT2D eigenvalue weighted by atomic mass is 35.5. The topological polar surface area (TPSA) is 20.3 Å². The van der Waals surface area contributed by atoms with Crippen molar-refractivity contribution < 1.29 is 4.79 Å². The van der Waals surface area contributed by atoms with Gasteiger partial charge in [-0.3, -0.25) is 4.79 Å². The summed E-state index contributed by atoms with van der Waals surface area (Å²) >= 11 is 5.95. The smallest absolute Gasteiger partial charge is 0.228 e.